The number of anilines is 2. The second-order valence-corrected chi connectivity index (χ2v) is 7.19. The van der Waals surface area contributed by atoms with E-state index in [9.17, 15) is 9.59 Å². The first-order chi connectivity index (χ1) is 14.5. The fourth-order valence-corrected chi connectivity index (χ4v) is 2.56. The third kappa shape index (κ3) is 8.53. The summed E-state index contributed by atoms with van der Waals surface area (Å²) in [5.41, 5.74) is 13.4. The average molecular weight is 415 g/mol. The standard InChI is InChI=1S/C23H30N2O5/c1-17(16-30-23(27)19-6-10-21(25)11-7-19)12-15-28-13-2-3-14-29-22(26)18-4-8-20(24)9-5-18/h4-11,17H,2-3,12-16,24-25H2,1H3. The van der Waals surface area contributed by atoms with Crippen LogP contribution in [0.5, 0.6) is 0 Å². The molecule has 1 unspecified atom stereocenters. The third-order valence-electron chi connectivity index (χ3n) is 4.46. The van der Waals surface area contributed by atoms with Crippen LogP contribution in [-0.2, 0) is 14.2 Å². The first-order valence-electron chi connectivity index (χ1n) is 10.1. The molecule has 0 fully saturated rings. The minimum Gasteiger partial charge on any atom is -0.462 e. The SMILES string of the molecule is CC(CCOCCCCOC(=O)c1ccc(N)cc1)COC(=O)c1ccc(N)cc1. The molecule has 0 heterocycles. The Morgan fingerprint density at radius 1 is 0.767 bits per heavy atom. The van der Waals surface area contributed by atoms with Gasteiger partial charge in [0.25, 0.3) is 0 Å². The topological polar surface area (TPSA) is 114 Å². The maximum Gasteiger partial charge on any atom is 0.338 e. The molecule has 2 aromatic carbocycles. The molecule has 2 rings (SSSR count). The van der Waals surface area contributed by atoms with Gasteiger partial charge in [-0.1, -0.05) is 6.92 Å². The summed E-state index contributed by atoms with van der Waals surface area (Å²) in [5, 5.41) is 0. The number of carbonyl (C=O) groups excluding carboxylic acids is 2. The zero-order valence-electron chi connectivity index (χ0n) is 17.3. The molecule has 0 spiro atoms. The summed E-state index contributed by atoms with van der Waals surface area (Å²) >= 11 is 0. The summed E-state index contributed by atoms with van der Waals surface area (Å²) in [5.74, 6) is -0.502. The number of esters is 2. The van der Waals surface area contributed by atoms with Crippen molar-refractivity contribution in [3.05, 3.63) is 59.7 Å². The van der Waals surface area contributed by atoms with Crippen molar-refractivity contribution >= 4 is 23.3 Å². The molecule has 0 aliphatic carbocycles. The lowest BCUT2D eigenvalue weighted by Gasteiger charge is -2.12. The van der Waals surface area contributed by atoms with Gasteiger partial charge in [-0.2, -0.15) is 0 Å². The highest BCUT2D eigenvalue weighted by atomic mass is 16.5. The van der Waals surface area contributed by atoms with Crippen molar-refractivity contribution in [2.45, 2.75) is 26.2 Å². The molecule has 0 amide bonds. The fourth-order valence-electron chi connectivity index (χ4n) is 2.56. The fraction of sp³-hybridized carbons (Fsp3) is 0.391. The maximum absolute atomic E-state index is 12.0. The van der Waals surface area contributed by atoms with Crippen LogP contribution in [0.1, 0.15) is 46.9 Å². The molecular formula is C23H30N2O5. The number of carbonyl (C=O) groups is 2. The predicted octanol–water partition coefficient (Wildman–Crippen LogP) is 3.69. The van der Waals surface area contributed by atoms with Crippen LogP contribution in [0.15, 0.2) is 48.5 Å². The summed E-state index contributed by atoms with van der Waals surface area (Å²) in [4.78, 5) is 23.8. The van der Waals surface area contributed by atoms with E-state index in [1.807, 2.05) is 6.92 Å². The molecule has 0 aliphatic rings. The highest BCUT2D eigenvalue weighted by Gasteiger charge is 2.10. The maximum atomic E-state index is 12.0. The van der Waals surface area contributed by atoms with E-state index >= 15 is 0 Å². The lowest BCUT2D eigenvalue weighted by atomic mass is 10.1. The van der Waals surface area contributed by atoms with Gasteiger partial charge in [-0.25, -0.2) is 9.59 Å². The molecule has 0 aromatic heterocycles. The Hall–Kier alpha value is -3.06. The number of hydrogen-bond donors (Lipinski definition) is 2. The van der Waals surface area contributed by atoms with Crippen LogP contribution in [-0.4, -0.2) is 38.4 Å². The monoisotopic (exact) mass is 414 g/mol. The Bertz CT molecular complexity index is 790. The summed E-state index contributed by atoms with van der Waals surface area (Å²) in [6.45, 7) is 3.89. The Morgan fingerprint density at radius 3 is 1.83 bits per heavy atom. The molecule has 2 aromatic rings. The lowest BCUT2D eigenvalue weighted by molar-refractivity contribution is 0.0403. The largest absolute Gasteiger partial charge is 0.462 e. The van der Waals surface area contributed by atoms with Crippen molar-refractivity contribution in [1.29, 1.82) is 0 Å². The molecular weight excluding hydrogens is 384 g/mol. The van der Waals surface area contributed by atoms with Crippen molar-refractivity contribution < 1.29 is 23.8 Å². The van der Waals surface area contributed by atoms with E-state index in [0.717, 1.165) is 19.3 Å². The van der Waals surface area contributed by atoms with Crippen molar-refractivity contribution in [2.75, 3.05) is 37.9 Å². The van der Waals surface area contributed by atoms with E-state index in [1.165, 1.54) is 0 Å². The molecule has 0 saturated heterocycles. The molecule has 1 atom stereocenters. The van der Waals surface area contributed by atoms with E-state index in [0.29, 0.717) is 48.9 Å². The molecule has 7 heteroatoms. The van der Waals surface area contributed by atoms with Gasteiger partial charge >= 0.3 is 11.9 Å². The van der Waals surface area contributed by atoms with Crippen LogP contribution >= 0.6 is 0 Å². The molecule has 4 N–H and O–H groups in total. The predicted molar refractivity (Wildman–Crippen MR) is 116 cm³/mol. The second kappa shape index (κ2) is 12.5. The van der Waals surface area contributed by atoms with E-state index in [1.54, 1.807) is 48.5 Å². The minimum atomic E-state index is -0.351. The van der Waals surface area contributed by atoms with Crippen LogP contribution in [0, 0.1) is 5.92 Å². The van der Waals surface area contributed by atoms with Crippen LogP contribution < -0.4 is 11.5 Å². The minimum absolute atomic E-state index is 0.198. The van der Waals surface area contributed by atoms with Crippen molar-refractivity contribution in [3.63, 3.8) is 0 Å². The molecule has 162 valence electrons. The number of nitrogens with two attached hydrogens (primary N) is 2. The van der Waals surface area contributed by atoms with Gasteiger partial charge in [0.1, 0.15) is 0 Å². The zero-order valence-corrected chi connectivity index (χ0v) is 17.3. The smallest absolute Gasteiger partial charge is 0.338 e. The van der Waals surface area contributed by atoms with Gasteiger partial charge in [0.15, 0.2) is 0 Å². The number of nitrogen functional groups attached to an aromatic ring is 2. The zero-order chi connectivity index (χ0) is 21.8. The van der Waals surface area contributed by atoms with Gasteiger partial charge in [0, 0.05) is 24.6 Å². The van der Waals surface area contributed by atoms with Crippen LogP contribution in [0.4, 0.5) is 11.4 Å². The molecule has 0 saturated carbocycles. The van der Waals surface area contributed by atoms with Crippen LogP contribution in [0.3, 0.4) is 0 Å². The van der Waals surface area contributed by atoms with E-state index in [4.69, 9.17) is 25.7 Å². The van der Waals surface area contributed by atoms with Crippen molar-refractivity contribution in [2.24, 2.45) is 5.92 Å². The van der Waals surface area contributed by atoms with Gasteiger partial charge in [0.05, 0.1) is 24.3 Å². The lowest BCUT2D eigenvalue weighted by Crippen LogP contribution is -2.14. The number of rotatable bonds is 12. The number of unbranched alkanes of at least 4 members (excludes halogenated alkanes) is 1. The molecule has 30 heavy (non-hydrogen) atoms. The van der Waals surface area contributed by atoms with Gasteiger partial charge in [-0.15, -0.1) is 0 Å². The highest BCUT2D eigenvalue weighted by Crippen LogP contribution is 2.10. The van der Waals surface area contributed by atoms with Gasteiger partial charge in [-0.3, -0.25) is 0 Å². The van der Waals surface area contributed by atoms with E-state index in [2.05, 4.69) is 0 Å². The normalized spacial score (nSPS) is 11.6. The van der Waals surface area contributed by atoms with E-state index in [-0.39, 0.29) is 17.9 Å². The third-order valence-corrected chi connectivity index (χ3v) is 4.46. The van der Waals surface area contributed by atoms with Crippen molar-refractivity contribution in [3.8, 4) is 0 Å². The molecule has 0 radical (unpaired) electrons. The van der Waals surface area contributed by atoms with Gasteiger partial charge in [-0.05, 0) is 73.7 Å². The molecule has 0 bridgehead atoms. The summed E-state index contributed by atoms with van der Waals surface area (Å²) in [7, 11) is 0. The molecule has 0 aliphatic heterocycles. The van der Waals surface area contributed by atoms with E-state index < -0.39 is 0 Å². The highest BCUT2D eigenvalue weighted by molar-refractivity contribution is 5.90. The van der Waals surface area contributed by atoms with Gasteiger partial charge < -0.3 is 25.7 Å². The first-order valence-corrected chi connectivity index (χ1v) is 10.1. The Labute approximate surface area is 177 Å². The quantitative estimate of drug-likeness (QED) is 0.309. The summed E-state index contributed by atoms with van der Waals surface area (Å²) < 4.78 is 16.1. The second-order valence-electron chi connectivity index (χ2n) is 7.19. The molecule has 7 nitrogen and oxygen atoms in total. The van der Waals surface area contributed by atoms with Gasteiger partial charge in [0.2, 0.25) is 0 Å². The Balaban J connectivity index is 1.47. The number of ether oxygens (including phenoxy) is 3. The van der Waals surface area contributed by atoms with Crippen LogP contribution in [0.2, 0.25) is 0 Å². The van der Waals surface area contributed by atoms with Crippen molar-refractivity contribution in [1.82, 2.24) is 0 Å². The number of hydrogen-bond acceptors (Lipinski definition) is 7. The van der Waals surface area contributed by atoms with Crippen LogP contribution in [0.25, 0.3) is 0 Å². The number of benzene rings is 2. The summed E-state index contributed by atoms with van der Waals surface area (Å²) in [6, 6.07) is 13.3. The average Bonchev–Trinajstić information content (AvgIpc) is 2.74. The first kappa shape index (κ1) is 23.2. The Kier molecular flexibility index (Phi) is 9.67. The summed E-state index contributed by atoms with van der Waals surface area (Å²) in [6.07, 6.45) is 2.33. The Morgan fingerprint density at radius 2 is 1.27 bits per heavy atom.